The highest BCUT2D eigenvalue weighted by atomic mass is 16.6. The Kier molecular flexibility index (Phi) is 6.84. The highest BCUT2D eigenvalue weighted by Gasteiger charge is 2.45. The fraction of sp³-hybridized carbons (Fsp3) is 0.478. The minimum absolute atomic E-state index is 0.104. The van der Waals surface area contributed by atoms with Crippen LogP contribution in [0.25, 0.3) is 0 Å². The van der Waals surface area contributed by atoms with Crippen LogP contribution in [0.2, 0.25) is 0 Å². The van der Waals surface area contributed by atoms with Crippen LogP contribution in [0.3, 0.4) is 0 Å². The molecule has 2 atom stereocenters. The van der Waals surface area contributed by atoms with Crippen LogP contribution in [0, 0.1) is 11.8 Å². The number of nitrogens with zero attached hydrogens (tertiary/aromatic N) is 1. The number of hydrogen-bond donors (Lipinski definition) is 3. The molecule has 2 aliphatic heterocycles. The zero-order valence-electron chi connectivity index (χ0n) is 18.4. The Balaban J connectivity index is 1.63. The topological polar surface area (TPSA) is 125 Å². The lowest BCUT2D eigenvalue weighted by Gasteiger charge is -2.32. The van der Waals surface area contributed by atoms with Crippen molar-refractivity contribution in [1.29, 1.82) is 0 Å². The lowest BCUT2D eigenvalue weighted by molar-refractivity contribution is -0.139. The van der Waals surface area contributed by atoms with E-state index in [4.69, 9.17) is 4.74 Å². The third kappa shape index (κ3) is 5.26. The lowest BCUT2D eigenvalue weighted by atomic mass is 10.0. The van der Waals surface area contributed by atoms with Crippen LogP contribution < -0.4 is 10.6 Å². The van der Waals surface area contributed by atoms with Gasteiger partial charge in [-0.3, -0.25) is 24.6 Å². The molecule has 9 nitrogen and oxygen atoms in total. The van der Waals surface area contributed by atoms with Crippen LogP contribution in [0.1, 0.15) is 74.2 Å². The minimum atomic E-state index is -1.32. The Bertz CT molecular complexity index is 1000. The summed E-state index contributed by atoms with van der Waals surface area (Å²) >= 11 is 0. The number of unbranched alkanes of at least 4 members (excludes halogenated alkanes) is 1. The molecule has 170 valence electrons. The van der Waals surface area contributed by atoms with Crippen LogP contribution in [0.4, 0.5) is 4.79 Å². The van der Waals surface area contributed by atoms with E-state index in [9.17, 15) is 24.3 Å². The summed E-state index contributed by atoms with van der Waals surface area (Å²) in [5.74, 6) is 4.52. The number of carbonyl (C=O) groups excluding carboxylic acids is 4. The first-order valence-corrected chi connectivity index (χ1v) is 10.5. The standard InChI is InChI=1S/C23H27N3O6/c1-23(2,3)32-22(31)24-13-6-4-5-8-14-9-7-10-15-18(14)21(30)26(20(15)29)16-11-12-17(27)25-19(16)28/h7,9-10,16,21,30H,4,6,11-13H2,1-3H3,(H,24,31)(H,25,27,28). The van der Waals surface area contributed by atoms with Crippen molar-refractivity contribution in [1.82, 2.24) is 15.5 Å². The summed E-state index contributed by atoms with van der Waals surface area (Å²) in [6.45, 7) is 5.77. The molecule has 1 aromatic carbocycles. The molecule has 2 aliphatic rings. The van der Waals surface area contributed by atoms with Crippen LogP contribution in [0.15, 0.2) is 18.2 Å². The number of aliphatic hydroxyl groups excluding tert-OH is 1. The lowest BCUT2D eigenvalue weighted by Crippen LogP contribution is -2.53. The van der Waals surface area contributed by atoms with Gasteiger partial charge < -0.3 is 15.2 Å². The van der Waals surface area contributed by atoms with E-state index in [1.165, 1.54) is 0 Å². The molecule has 1 aromatic rings. The van der Waals surface area contributed by atoms with Gasteiger partial charge in [-0.05, 0) is 45.7 Å². The number of nitrogens with one attached hydrogen (secondary N) is 2. The van der Waals surface area contributed by atoms with Gasteiger partial charge in [0.05, 0.1) is 0 Å². The molecule has 0 bridgehead atoms. The molecule has 0 spiro atoms. The molecule has 4 amide bonds. The van der Waals surface area contributed by atoms with Gasteiger partial charge >= 0.3 is 6.09 Å². The average Bonchev–Trinajstić information content (AvgIpc) is 2.95. The van der Waals surface area contributed by atoms with E-state index in [1.807, 2.05) is 0 Å². The van der Waals surface area contributed by atoms with E-state index in [2.05, 4.69) is 22.5 Å². The molecule has 1 fully saturated rings. The van der Waals surface area contributed by atoms with Gasteiger partial charge in [0, 0.05) is 36.1 Å². The van der Waals surface area contributed by atoms with E-state index in [1.54, 1.807) is 39.0 Å². The molecule has 0 aliphatic carbocycles. The number of carbonyl (C=O) groups is 4. The SMILES string of the molecule is CC(C)(C)OC(=O)NCCCC#Cc1cccc2c1C(O)N(C1CCC(=O)NC1=O)C2=O. The third-order valence-corrected chi connectivity index (χ3v) is 5.01. The summed E-state index contributed by atoms with van der Waals surface area (Å²) < 4.78 is 5.16. The Labute approximate surface area is 186 Å². The number of imide groups is 1. The fourth-order valence-corrected chi connectivity index (χ4v) is 3.63. The second-order valence-electron chi connectivity index (χ2n) is 8.65. The number of amides is 4. The molecule has 3 rings (SSSR count). The van der Waals surface area contributed by atoms with Gasteiger partial charge in [0.25, 0.3) is 5.91 Å². The van der Waals surface area contributed by atoms with Gasteiger partial charge in [-0.15, -0.1) is 0 Å². The zero-order valence-corrected chi connectivity index (χ0v) is 18.4. The highest BCUT2D eigenvalue weighted by molar-refractivity contribution is 6.06. The zero-order chi connectivity index (χ0) is 23.5. The molecule has 0 aromatic heterocycles. The maximum Gasteiger partial charge on any atom is 0.407 e. The Morgan fingerprint density at radius 2 is 2.06 bits per heavy atom. The number of ether oxygens (including phenoxy) is 1. The molecule has 0 radical (unpaired) electrons. The first kappa shape index (κ1) is 23.3. The van der Waals surface area contributed by atoms with Crippen molar-refractivity contribution in [3.05, 3.63) is 34.9 Å². The summed E-state index contributed by atoms with van der Waals surface area (Å²) in [4.78, 5) is 49.2. The van der Waals surface area contributed by atoms with Crippen molar-refractivity contribution in [3.8, 4) is 11.8 Å². The molecule has 3 N–H and O–H groups in total. The fourth-order valence-electron chi connectivity index (χ4n) is 3.63. The Hall–Kier alpha value is -3.38. The van der Waals surface area contributed by atoms with Crippen LogP contribution in [-0.2, 0) is 14.3 Å². The second-order valence-corrected chi connectivity index (χ2v) is 8.65. The number of benzene rings is 1. The number of aliphatic hydroxyl groups is 1. The molecule has 2 heterocycles. The summed E-state index contributed by atoms with van der Waals surface area (Å²) in [5.41, 5.74) is 0.595. The van der Waals surface area contributed by atoms with Gasteiger partial charge in [0.15, 0.2) is 6.23 Å². The maximum absolute atomic E-state index is 12.9. The number of piperidine rings is 1. The first-order valence-electron chi connectivity index (χ1n) is 10.5. The van der Waals surface area contributed by atoms with Crippen molar-refractivity contribution in [2.75, 3.05) is 6.54 Å². The minimum Gasteiger partial charge on any atom is -0.444 e. The van der Waals surface area contributed by atoms with Crippen LogP contribution in [-0.4, -0.2) is 52.0 Å². The van der Waals surface area contributed by atoms with E-state index in [0.717, 1.165) is 4.90 Å². The summed E-state index contributed by atoms with van der Waals surface area (Å²) in [5, 5.41) is 15.7. The third-order valence-electron chi connectivity index (χ3n) is 5.01. The molecule has 32 heavy (non-hydrogen) atoms. The predicted molar refractivity (Wildman–Crippen MR) is 114 cm³/mol. The molecule has 0 saturated carbocycles. The maximum atomic E-state index is 12.9. The molecule has 1 saturated heterocycles. The van der Waals surface area contributed by atoms with E-state index in [-0.39, 0.29) is 12.8 Å². The smallest absolute Gasteiger partial charge is 0.407 e. The molecular formula is C23H27N3O6. The van der Waals surface area contributed by atoms with Crippen molar-refractivity contribution < 1.29 is 29.0 Å². The predicted octanol–water partition coefficient (Wildman–Crippen LogP) is 1.59. The Morgan fingerprint density at radius 3 is 2.75 bits per heavy atom. The quantitative estimate of drug-likeness (QED) is 0.370. The van der Waals surface area contributed by atoms with Crippen molar-refractivity contribution in [2.45, 2.75) is 64.3 Å². The van der Waals surface area contributed by atoms with Crippen LogP contribution >= 0.6 is 0 Å². The van der Waals surface area contributed by atoms with Crippen LogP contribution in [0.5, 0.6) is 0 Å². The number of fused-ring (bicyclic) bond motifs is 1. The van der Waals surface area contributed by atoms with Crippen molar-refractivity contribution in [3.63, 3.8) is 0 Å². The number of alkyl carbamates (subject to hydrolysis) is 1. The van der Waals surface area contributed by atoms with Gasteiger partial charge in [-0.1, -0.05) is 17.9 Å². The molecular weight excluding hydrogens is 414 g/mol. The summed E-state index contributed by atoms with van der Waals surface area (Å²) in [6, 6.07) is 4.05. The molecule has 2 unspecified atom stereocenters. The highest BCUT2D eigenvalue weighted by Crippen LogP contribution is 2.37. The number of rotatable bonds is 4. The largest absolute Gasteiger partial charge is 0.444 e. The van der Waals surface area contributed by atoms with Gasteiger partial charge in [-0.25, -0.2) is 4.79 Å². The summed E-state index contributed by atoms with van der Waals surface area (Å²) in [7, 11) is 0. The monoisotopic (exact) mass is 441 g/mol. The van der Waals surface area contributed by atoms with Gasteiger partial charge in [0.1, 0.15) is 11.6 Å². The first-order chi connectivity index (χ1) is 15.1. The van der Waals surface area contributed by atoms with Crippen molar-refractivity contribution >= 4 is 23.8 Å². The average molecular weight is 441 g/mol. The van der Waals surface area contributed by atoms with Gasteiger partial charge in [0.2, 0.25) is 11.8 Å². The number of hydrogen-bond acceptors (Lipinski definition) is 6. The summed E-state index contributed by atoms with van der Waals surface area (Å²) in [6.07, 6.45) is -0.450. The molecule has 9 heteroatoms. The second kappa shape index (κ2) is 9.40. The van der Waals surface area contributed by atoms with E-state index in [0.29, 0.717) is 36.1 Å². The van der Waals surface area contributed by atoms with E-state index < -0.39 is 41.7 Å². The normalized spacial score (nSPS) is 20.2. The van der Waals surface area contributed by atoms with E-state index >= 15 is 0 Å². The van der Waals surface area contributed by atoms with Crippen molar-refractivity contribution in [2.24, 2.45) is 0 Å². The van der Waals surface area contributed by atoms with Gasteiger partial charge in [-0.2, -0.15) is 0 Å². The Morgan fingerprint density at radius 1 is 1.31 bits per heavy atom.